The maximum Gasteiger partial charge on any atom is 0.254 e. The number of ether oxygens (including phenoxy) is 1. The largest absolute Gasteiger partial charge is 0.365 e. The Hall–Kier alpha value is -2.66. The third-order valence-electron chi connectivity index (χ3n) is 6.74. The number of fused-ring (bicyclic) bond motifs is 1. The molecule has 1 amide bonds. The molecule has 5 rings (SSSR count). The molecule has 2 aliphatic rings. The smallest absolute Gasteiger partial charge is 0.254 e. The lowest BCUT2D eigenvalue weighted by atomic mass is 9.88. The number of pyridine rings is 1. The van der Waals surface area contributed by atoms with Crippen LogP contribution in [0, 0.1) is 6.92 Å². The summed E-state index contributed by atoms with van der Waals surface area (Å²) >= 11 is 0. The van der Waals surface area contributed by atoms with Gasteiger partial charge in [0, 0.05) is 60.2 Å². The first-order chi connectivity index (χ1) is 14.5. The fourth-order valence-electron chi connectivity index (χ4n) is 5.14. The zero-order chi connectivity index (χ0) is 20.7. The van der Waals surface area contributed by atoms with Gasteiger partial charge >= 0.3 is 0 Å². The minimum atomic E-state index is -0.645. The number of rotatable bonds is 3. The first-order valence-electron chi connectivity index (χ1n) is 11.0. The minimum absolute atomic E-state index is 0.155. The molecule has 0 spiro atoms. The number of amides is 1. The van der Waals surface area contributed by atoms with Gasteiger partial charge in [-0.25, -0.2) is 0 Å². The number of carbonyl (C=O) groups excluding carboxylic acids is 1. The summed E-state index contributed by atoms with van der Waals surface area (Å²) in [6.45, 7) is 6.33. The van der Waals surface area contributed by atoms with E-state index in [0.29, 0.717) is 6.61 Å². The Morgan fingerprint density at radius 2 is 2.07 bits per heavy atom. The number of likely N-dealkylation sites (tertiary alicyclic amines) is 1. The number of hydrogen-bond acceptors (Lipinski definition) is 3. The molecule has 4 heterocycles. The van der Waals surface area contributed by atoms with Crippen LogP contribution in [0.3, 0.4) is 0 Å². The average Bonchev–Trinajstić information content (AvgIpc) is 3.38. The molecule has 0 aliphatic carbocycles. The van der Waals surface area contributed by atoms with Gasteiger partial charge in [-0.15, -0.1) is 0 Å². The molecule has 2 aliphatic heterocycles. The molecular weight excluding hydrogens is 374 g/mol. The molecule has 2 saturated heterocycles. The van der Waals surface area contributed by atoms with Gasteiger partial charge < -0.3 is 14.6 Å². The summed E-state index contributed by atoms with van der Waals surface area (Å²) in [5, 5.41) is 1.24. The van der Waals surface area contributed by atoms with Gasteiger partial charge in [0.15, 0.2) is 0 Å². The van der Waals surface area contributed by atoms with Crippen molar-refractivity contribution in [1.29, 1.82) is 0 Å². The second kappa shape index (κ2) is 7.55. The Kier molecular flexibility index (Phi) is 4.86. The lowest BCUT2D eigenvalue weighted by molar-refractivity contribution is -0.152. The summed E-state index contributed by atoms with van der Waals surface area (Å²) in [6, 6.07) is 10.7. The Labute approximate surface area is 177 Å². The van der Waals surface area contributed by atoms with Crippen LogP contribution in [0.5, 0.6) is 0 Å². The SMILES string of the molecule is Cc1ccc2[nH]c([C@H]3CCCN(C(=O)[C@@]4(C)CCCO4)C3)c(-c3ccncc3)c2c1. The molecule has 2 fully saturated rings. The van der Waals surface area contributed by atoms with Gasteiger partial charge in [0.25, 0.3) is 5.91 Å². The van der Waals surface area contributed by atoms with E-state index in [1.165, 1.54) is 27.8 Å². The van der Waals surface area contributed by atoms with E-state index in [0.717, 1.165) is 44.3 Å². The van der Waals surface area contributed by atoms with Crippen molar-refractivity contribution >= 4 is 16.8 Å². The van der Waals surface area contributed by atoms with E-state index in [4.69, 9.17) is 4.74 Å². The van der Waals surface area contributed by atoms with Crippen molar-refractivity contribution in [3.05, 3.63) is 54.0 Å². The molecule has 2 aromatic heterocycles. The monoisotopic (exact) mass is 403 g/mol. The Morgan fingerprint density at radius 3 is 2.83 bits per heavy atom. The fraction of sp³-hybridized carbons (Fsp3) is 0.440. The number of aryl methyl sites for hydroxylation is 1. The minimum Gasteiger partial charge on any atom is -0.365 e. The summed E-state index contributed by atoms with van der Waals surface area (Å²) < 4.78 is 5.84. The molecule has 5 nitrogen and oxygen atoms in total. The summed E-state index contributed by atoms with van der Waals surface area (Å²) in [7, 11) is 0. The standard InChI is InChI=1S/C25H29N3O2/c1-17-6-7-21-20(15-17)22(18-8-11-26-12-9-18)23(27-21)19-5-3-13-28(16-19)24(29)25(2)10-4-14-30-25/h6-9,11-12,15,19,27H,3-5,10,13-14,16H2,1-2H3/t19-,25+/m0/s1. The summed E-state index contributed by atoms with van der Waals surface area (Å²) in [4.78, 5) is 23.2. The summed E-state index contributed by atoms with van der Waals surface area (Å²) in [6.07, 6.45) is 7.57. The highest BCUT2D eigenvalue weighted by Crippen LogP contribution is 2.40. The number of benzene rings is 1. The van der Waals surface area contributed by atoms with Gasteiger partial charge in [0.1, 0.15) is 5.60 Å². The second-order valence-electron chi connectivity index (χ2n) is 8.97. The van der Waals surface area contributed by atoms with Crippen LogP contribution in [0.1, 0.15) is 49.8 Å². The van der Waals surface area contributed by atoms with Crippen LogP contribution in [0.25, 0.3) is 22.0 Å². The molecule has 0 saturated carbocycles. The van der Waals surface area contributed by atoms with Gasteiger partial charge in [-0.1, -0.05) is 11.6 Å². The van der Waals surface area contributed by atoms with Crippen LogP contribution in [0.4, 0.5) is 0 Å². The van der Waals surface area contributed by atoms with Crippen molar-refractivity contribution in [3.8, 4) is 11.1 Å². The number of aromatic nitrogens is 2. The first-order valence-corrected chi connectivity index (χ1v) is 11.0. The highest BCUT2D eigenvalue weighted by Gasteiger charge is 2.42. The van der Waals surface area contributed by atoms with Crippen molar-refractivity contribution in [2.24, 2.45) is 0 Å². The maximum atomic E-state index is 13.3. The molecule has 2 atom stereocenters. The highest BCUT2D eigenvalue weighted by molar-refractivity contribution is 5.98. The van der Waals surface area contributed by atoms with E-state index in [-0.39, 0.29) is 11.8 Å². The van der Waals surface area contributed by atoms with Crippen LogP contribution in [-0.2, 0) is 9.53 Å². The summed E-state index contributed by atoms with van der Waals surface area (Å²) in [5.74, 6) is 0.436. The van der Waals surface area contributed by atoms with E-state index in [9.17, 15) is 4.79 Å². The molecule has 0 radical (unpaired) electrons. The van der Waals surface area contributed by atoms with Gasteiger partial charge in [-0.3, -0.25) is 9.78 Å². The average molecular weight is 404 g/mol. The molecule has 5 heteroatoms. The lowest BCUT2D eigenvalue weighted by Crippen LogP contribution is -2.50. The van der Waals surface area contributed by atoms with Crippen LogP contribution in [0.2, 0.25) is 0 Å². The number of hydrogen-bond donors (Lipinski definition) is 1. The zero-order valence-corrected chi connectivity index (χ0v) is 17.8. The molecule has 1 N–H and O–H groups in total. The normalized spacial score (nSPS) is 24.5. The maximum absolute atomic E-state index is 13.3. The molecule has 30 heavy (non-hydrogen) atoms. The van der Waals surface area contributed by atoms with Gasteiger partial charge in [-0.2, -0.15) is 0 Å². The Morgan fingerprint density at radius 1 is 1.23 bits per heavy atom. The van der Waals surface area contributed by atoms with Crippen LogP contribution >= 0.6 is 0 Å². The number of carbonyl (C=O) groups is 1. The number of H-pyrrole nitrogens is 1. The van der Waals surface area contributed by atoms with Crippen molar-refractivity contribution in [2.75, 3.05) is 19.7 Å². The third kappa shape index (κ3) is 3.31. The fourth-order valence-corrected chi connectivity index (χ4v) is 5.14. The summed E-state index contributed by atoms with van der Waals surface area (Å²) in [5.41, 5.74) is 5.40. The number of nitrogens with zero attached hydrogens (tertiary/aromatic N) is 2. The lowest BCUT2D eigenvalue weighted by Gasteiger charge is -2.37. The third-order valence-corrected chi connectivity index (χ3v) is 6.74. The number of aromatic amines is 1. The topological polar surface area (TPSA) is 58.2 Å². The van der Waals surface area contributed by atoms with Crippen molar-refractivity contribution in [3.63, 3.8) is 0 Å². The van der Waals surface area contributed by atoms with E-state index >= 15 is 0 Å². The van der Waals surface area contributed by atoms with Crippen LogP contribution in [0.15, 0.2) is 42.7 Å². The molecular formula is C25H29N3O2. The molecule has 0 unspecified atom stereocenters. The van der Waals surface area contributed by atoms with E-state index in [2.05, 4.69) is 47.2 Å². The predicted octanol–water partition coefficient (Wildman–Crippen LogP) is 4.81. The first kappa shape index (κ1) is 19.3. The van der Waals surface area contributed by atoms with E-state index < -0.39 is 5.60 Å². The van der Waals surface area contributed by atoms with Crippen molar-refractivity contribution in [2.45, 2.75) is 51.0 Å². The number of nitrogens with one attached hydrogen (secondary N) is 1. The van der Waals surface area contributed by atoms with Gasteiger partial charge in [0.2, 0.25) is 0 Å². The molecule has 156 valence electrons. The quantitative estimate of drug-likeness (QED) is 0.682. The molecule has 0 bridgehead atoms. The second-order valence-corrected chi connectivity index (χ2v) is 8.97. The number of piperidine rings is 1. The Balaban J connectivity index is 1.53. The molecule has 1 aromatic carbocycles. The van der Waals surface area contributed by atoms with Crippen LogP contribution in [-0.4, -0.2) is 46.1 Å². The van der Waals surface area contributed by atoms with Crippen LogP contribution < -0.4 is 0 Å². The highest BCUT2D eigenvalue weighted by atomic mass is 16.5. The zero-order valence-electron chi connectivity index (χ0n) is 17.8. The van der Waals surface area contributed by atoms with Crippen molar-refractivity contribution < 1.29 is 9.53 Å². The van der Waals surface area contributed by atoms with Crippen molar-refractivity contribution in [1.82, 2.24) is 14.9 Å². The Bertz CT molecular complexity index is 1070. The van der Waals surface area contributed by atoms with E-state index in [1.54, 1.807) is 0 Å². The predicted molar refractivity (Wildman–Crippen MR) is 118 cm³/mol. The van der Waals surface area contributed by atoms with Gasteiger partial charge in [0.05, 0.1) is 0 Å². The van der Waals surface area contributed by atoms with E-state index in [1.807, 2.05) is 24.2 Å². The van der Waals surface area contributed by atoms with Gasteiger partial charge in [-0.05, 0) is 69.4 Å². The molecule has 3 aromatic rings.